The van der Waals surface area contributed by atoms with Gasteiger partial charge in [0.15, 0.2) is 10.8 Å². The van der Waals surface area contributed by atoms with Gasteiger partial charge in [-0.15, -0.1) is 11.3 Å². The van der Waals surface area contributed by atoms with Gasteiger partial charge < -0.3 is 9.73 Å². The number of nitrogens with one attached hydrogen (secondary N) is 1. The third-order valence-corrected chi connectivity index (χ3v) is 4.68. The maximum Gasteiger partial charge on any atom is 0.263 e. The second kappa shape index (κ2) is 6.34. The first-order chi connectivity index (χ1) is 11.0. The summed E-state index contributed by atoms with van der Waals surface area (Å²) in [6.07, 6.45) is 3.43. The van der Waals surface area contributed by atoms with E-state index in [1.54, 1.807) is 12.4 Å². The van der Waals surface area contributed by atoms with Gasteiger partial charge in [0.25, 0.3) is 5.91 Å². The molecule has 0 unspecified atom stereocenters. The zero-order chi connectivity index (χ0) is 16.4. The molecule has 0 bridgehead atoms. The molecule has 0 fully saturated rings. The van der Waals surface area contributed by atoms with Crippen molar-refractivity contribution in [3.05, 3.63) is 58.6 Å². The van der Waals surface area contributed by atoms with Gasteiger partial charge in [-0.2, -0.15) is 0 Å². The van der Waals surface area contributed by atoms with Crippen molar-refractivity contribution < 1.29 is 9.21 Å². The summed E-state index contributed by atoms with van der Waals surface area (Å²) in [7, 11) is 0. The largest absolute Gasteiger partial charge is 0.459 e. The van der Waals surface area contributed by atoms with E-state index in [2.05, 4.69) is 15.3 Å². The van der Waals surface area contributed by atoms with Crippen molar-refractivity contribution >= 4 is 17.2 Å². The highest BCUT2D eigenvalue weighted by molar-refractivity contribution is 7.17. The summed E-state index contributed by atoms with van der Waals surface area (Å²) in [6.45, 7) is 5.66. The number of aryl methyl sites for hydroxylation is 2. The number of carbonyl (C=O) groups is 1. The zero-order valence-electron chi connectivity index (χ0n) is 13.2. The summed E-state index contributed by atoms with van der Waals surface area (Å²) in [4.78, 5) is 21.6. The number of aromatic nitrogens is 2. The van der Waals surface area contributed by atoms with Crippen LogP contribution in [0.2, 0.25) is 0 Å². The van der Waals surface area contributed by atoms with Gasteiger partial charge in [0.05, 0.1) is 11.7 Å². The summed E-state index contributed by atoms with van der Waals surface area (Å²) in [5.74, 6) is 1.39. The topological polar surface area (TPSA) is 68.0 Å². The van der Waals surface area contributed by atoms with Gasteiger partial charge in [-0.05, 0) is 50.6 Å². The Morgan fingerprint density at radius 1 is 1.22 bits per heavy atom. The van der Waals surface area contributed by atoms with E-state index in [0.29, 0.717) is 16.3 Å². The molecular formula is C17H17N3O2S. The fourth-order valence-corrected chi connectivity index (χ4v) is 3.19. The van der Waals surface area contributed by atoms with E-state index in [-0.39, 0.29) is 11.9 Å². The van der Waals surface area contributed by atoms with Crippen molar-refractivity contribution in [2.24, 2.45) is 0 Å². The Balaban J connectivity index is 1.79. The van der Waals surface area contributed by atoms with Crippen LogP contribution >= 0.6 is 11.3 Å². The van der Waals surface area contributed by atoms with Crippen LogP contribution in [0.3, 0.4) is 0 Å². The molecule has 3 aromatic rings. The SMILES string of the molecule is Cc1ccc(-c2nc(C)c(C(=O)N[C@H](C)c3ccncc3)s2)o1. The highest BCUT2D eigenvalue weighted by atomic mass is 32.1. The molecule has 0 saturated heterocycles. The molecular weight excluding hydrogens is 310 g/mol. The molecule has 0 aliphatic carbocycles. The standard InChI is InChI=1S/C17H17N3O2S/c1-10-4-5-14(22-10)17-20-12(3)15(23-17)16(21)19-11(2)13-6-8-18-9-7-13/h4-9,11H,1-3H3,(H,19,21)/t11-/m1/s1. The minimum Gasteiger partial charge on any atom is -0.459 e. The van der Waals surface area contributed by atoms with E-state index in [1.165, 1.54) is 11.3 Å². The van der Waals surface area contributed by atoms with Crippen LogP contribution in [0.25, 0.3) is 10.8 Å². The van der Waals surface area contributed by atoms with Crippen molar-refractivity contribution in [2.75, 3.05) is 0 Å². The molecule has 3 heterocycles. The predicted octanol–water partition coefficient (Wildman–Crippen LogP) is 3.91. The molecule has 3 rings (SSSR count). The molecule has 0 aliphatic heterocycles. The Kier molecular flexibility index (Phi) is 4.25. The molecule has 118 valence electrons. The normalized spacial score (nSPS) is 12.1. The fourth-order valence-electron chi connectivity index (χ4n) is 2.26. The van der Waals surface area contributed by atoms with Crippen molar-refractivity contribution in [1.29, 1.82) is 0 Å². The molecule has 0 aromatic carbocycles. The first-order valence-electron chi connectivity index (χ1n) is 7.29. The number of furan rings is 1. The van der Waals surface area contributed by atoms with Gasteiger partial charge in [0, 0.05) is 12.4 Å². The van der Waals surface area contributed by atoms with Crippen LogP contribution in [-0.4, -0.2) is 15.9 Å². The van der Waals surface area contributed by atoms with Gasteiger partial charge in [0.1, 0.15) is 10.6 Å². The highest BCUT2D eigenvalue weighted by Crippen LogP contribution is 2.29. The van der Waals surface area contributed by atoms with E-state index in [4.69, 9.17) is 4.42 Å². The number of carbonyl (C=O) groups excluding carboxylic acids is 1. The Morgan fingerprint density at radius 2 is 1.96 bits per heavy atom. The van der Waals surface area contributed by atoms with Gasteiger partial charge in [-0.3, -0.25) is 9.78 Å². The van der Waals surface area contributed by atoms with Crippen LogP contribution in [0.15, 0.2) is 41.1 Å². The Labute approximate surface area is 138 Å². The number of thiazole rings is 1. The lowest BCUT2D eigenvalue weighted by Gasteiger charge is -2.13. The van der Waals surface area contributed by atoms with E-state index in [9.17, 15) is 4.79 Å². The Bertz CT molecular complexity index is 823. The monoisotopic (exact) mass is 327 g/mol. The fraction of sp³-hybridized carbons (Fsp3) is 0.235. The van der Waals surface area contributed by atoms with Gasteiger partial charge >= 0.3 is 0 Å². The van der Waals surface area contributed by atoms with Crippen LogP contribution in [0.5, 0.6) is 0 Å². The summed E-state index contributed by atoms with van der Waals surface area (Å²) in [6, 6.07) is 7.44. The summed E-state index contributed by atoms with van der Waals surface area (Å²) in [5.41, 5.74) is 1.72. The third kappa shape index (κ3) is 3.32. The lowest BCUT2D eigenvalue weighted by molar-refractivity contribution is 0.0943. The Hall–Kier alpha value is -2.47. The van der Waals surface area contributed by atoms with E-state index in [0.717, 1.165) is 16.3 Å². The highest BCUT2D eigenvalue weighted by Gasteiger charge is 2.19. The molecule has 3 aromatic heterocycles. The number of rotatable bonds is 4. The lowest BCUT2D eigenvalue weighted by atomic mass is 10.1. The average Bonchev–Trinajstić information content (AvgIpc) is 3.14. The second-order valence-electron chi connectivity index (χ2n) is 5.32. The van der Waals surface area contributed by atoms with Crippen LogP contribution in [0.1, 0.15) is 39.7 Å². The van der Waals surface area contributed by atoms with Crippen LogP contribution in [-0.2, 0) is 0 Å². The van der Waals surface area contributed by atoms with E-state index < -0.39 is 0 Å². The second-order valence-corrected chi connectivity index (χ2v) is 6.32. The molecule has 1 N–H and O–H groups in total. The number of hydrogen-bond acceptors (Lipinski definition) is 5. The molecule has 23 heavy (non-hydrogen) atoms. The van der Waals surface area contributed by atoms with Crippen molar-refractivity contribution in [3.8, 4) is 10.8 Å². The summed E-state index contributed by atoms with van der Waals surface area (Å²) in [5, 5.41) is 3.72. The van der Waals surface area contributed by atoms with Gasteiger partial charge in [-0.1, -0.05) is 0 Å². The summed E-state index contributed by atoms with van der Waals surface area (Å²) < 4.78 is 5.58. The maximum absolute atomic E-state index is 12.5. The van der Waals surface area contributed by atoms with Crippen molar-refractivity contribution in [3.63, 3.8) is 0 Å². The van der Waals surface area contributed by atoms with Crippen LogP contribution in [0, 0.1) is 13.8 Å². The van der Waals surface area contributed by atoms with Crippen LogP contribution in [0.4, 0.5) is 0 Å². The smallest absolute Gasteiger partial charge is 0.263 e. The molecule has 0 aliphatic rings. The molecule has 5 nitrogen and oxygen atoms in total. The Morgan fingerprint density at radius 3 is 2.61 bits per heavy atom. The van der Waals surface area contributed by atoms with E-state index >= 15 is 0 Å². The van der Waals surface area contributed by atoms with Crippen molar-refractivity contribution in [2.45, 2.75) is 26.8 Å². The number of hydrogen-bond donors (Lipinski definition) is 1. The van der Waals surface area contributed by atoms with Crippen LogP contribution < -0.4 is 5.32 Å². The minimum absolute atomic E-state index is 0.0960. The third-order valence-electron chi connectivity index (χ3n) is 3.51. The van der Waals surface area contributed by atoms with E-state index in [1.807, 2.05) is 45.0 Å². The molecule has 0 saturated carbocycles. The first kappa shape index (κ1) is 15.4. The number of amides is 1. The van der Waals surface area contributed by atoms with Gasteiger partial charge in [0.2, 0.25) is 0 Å². The molecule has 0 radical (unpaired) electrons. The maximum atomic E-state index is 12.5. The first-order valence-corrected chi connectivity index (χ1v) is 8.11. The summed E-state index contributed by atoms with van der Waals surface area (Å²) >= 11 is 1.34. The van der Waals surface area contributed by atoms with Gasteiger partial charge in [-0.25, -0.2) is 4.98 Å². The van der Waals surface area contributed by atoms with Crippen molar-refractivity contribution in [1.82, 2.24) is 15.3 Å². The number of nitrogens with zero attached hydrogens (tertiary/aromatic N) is 2. The quantitative estimate of drug-likeness (QED) is 0.789. The molecule has 6 heteroatoms. The average molecular weight is 327 g/mol. The number of pyridine rings is 1. The lowest BCUT2D eigenvalue weighted by Crippen LogP contribution is -2.26. The predicted molar refractivity (Wildman–Crippen MR) is 89.4 cm³/mol. The minimum atomic E-state index is -0.126. The molecule has 1 amide bonds. The molecule has 1 atom stereocenters. The zero-order valence-corrected chi connectivity index (χ0v) is 14.0. The molecule has 0 spiro atoms.